The van der Waals surface area contributed by atoms with E-state index in [4.69, 9.17) is 15.5 Å². The lowest BCUT2D eigenvalue weighted by Crippen LogP contribution is -2.22. The zero-order chi connectivity index (χ0) is 20.5. The summed E-state index contributed by atoms with van der Waals surface area (Å²) in [7, 11) is 1.73. The summed E-state index contributed by atoms with van der Waals surface area (Å²) in [6.45, 7) is 2.50. The molecule has 0 saturated carbocycles. The molecule has 0 fully saturated rings. The topological polar surface area (TPSA) is 88.0 Å². The zero-order valence-corrected chi connectivity index (χ0v) is 17.2. The van der Waals surface area contributed by atoms with E-state index in [0.717, 1.165) is 16.2 Å². The number of rotatable bonds is 5. The van der Waals surface area contributed by atoms with Gasteiger partial charge >= 0.3 is 0 Å². The number of ether oxygens (including phenoxy) is 1. The van der Waals surface area contributed by atoms with Gasteiger partial charge < -0.3 is 10.5 Å². The number of anilines is 1. The van der Waals surface area contributed by atoms with Crippen LogP contribution in [0.15, 0.2) is 58.2 Å². The third kappa shape index (κ3) is 3.36. The van der Waals surface area contributed by atoms with Crippen molar-refractivity contribution >= 4 is 28.6 Å². The molecular weight excluding hydrogens is 386 g/mol. The molecule has 2 aromatic carbocycles. The summed E-state index contributed by atoms with van der Waals surface area (Å²) < 4.78 is 8.63. The van der Waals surface area contributed by atoms with E-state index in [9.17, 15) is 4.79 Å². The fourth-order valence-electron chi connectivity index (χ4n) is 3.26. The SMILES string of the molecule is CCOc1ccc(-n2c(-c3ccc(SC)cc3)nc3c(c(N)nn3C)c2=O)cc1. The number of hydrogen-bond donors (Lipinski definition) is 1. The van der Waals surface area contributed by atoms with Crippen molar-refractivity contribution in [3.63, 3.8) is 0 Å². The molecule has 7 nitrogen and oxygen atoms in total. The predicted molar refractivity (Wildman–Crippen MR) is 117 cm³/mol. The highest BCUT2D eigenvalue weighted by molar-refractivity contribution is 7.98. The van der Waals surface area contributed by atoms with Gasteiger partial charge in [0.15, 0.2) is 11.5 Å². The molecule has 0 saturated heterocycles. The number of aryl methyl sites for hydroxylation is 1. The van der Waals surface area contributed by atoms with Gasteiger partial charge in [0.25, 0.3) is 5.56 Å². The van der Waals surface area contributed by atoms with E-state index in [1.54, 1.807) is 23.4 Å². The van der Waals surface area contributed by atoms with Crippen molar-refractivity contribution in [3.05, 3.63) is 58.9 Å². The predicted octanol–water partition coefficient (Wildman–Crippen LogP) is 3.49. The first-order chi connectivity index (χ1) is 14.0. The van der Waals surface area contributed by atoms with Gasteiger partial charge in [-0.05, 0) is 49.6 Å². The van der Waals surface area contributed by atoms with Crippen molar-refractivity contribution in [3.8, 4) is 22.8 Å². The summed E-state index contributed by atoms with van der Waals surface area (Å²) >= 11 is 1.66. The smallest absolute Gasteiger partial charge is 0.271 e. The Bertz CT molecular complexity index is 1230. The van der Waals surface area contributed by atoms with E-state index in [0.29, 0.717) is 29.2 Å². The molecular formula is C21H21N5O2S. The summed E-state index contributed by atoms with van der Waals surface area (Å²) in [6.07, 6.45) is 2.02. The maximum atomic E-state index is 13.4. The average Bonchev–Trinajstić information content (AvgIpc) is 3.02. The van der Waals surface area contributed by atoms with Crippen LogP contribution in [0, 0.1) is 0 Å². The number of fused-ring (bicyclic) bond motifs is 1. The summed E-state index contributed by atoms with van der Waals surface area (Å²) in [5.41, 5.74) is 7.72. The molecule has 2 heterocycles. The highest BCUT2D eigenvalue weighted by Gasteiger charge is 2.19. The molecule has 2 aromatic heterocycles. The van der Waals surface area contributed by atoms with Gasteiger partial charge in [-0.1, -0.05) is 12.1 Å². The molecule has 29 heavy (non-hydrogen) atoms. The molecule has 4 rings (SSSR count). The van der Waals surface area contributed by atoms with Crippen LogP contribution in [0.5, 0.6) is 5.75 Å². The number of thioether (sulfide) groups is 1. The van der Waals surface area contributed by atoms with Crippen LogP contribution in [0.25, 0.3) is 28.1 Å². The van der Waals surface area contributed by atoms with Gasteiger partial charge in [0.1, 0.15) is 17.0 Å². The van der Waals surface area contributed by atoms with Crippen LogP contribution in [-0.4, -0.2) is 32.2 Å². The first kappa shape index (κ1) is 19.1. The number of benzene rings is 2. The van der Waals surface area contributed by atoms with E-state index < -0.39 is 0 Å². The summed E-state index contributed by atoms with van der Waals surface area (Å²) in [6, 6.07) is 15.3. The van der Waals surface area contributed by atoms with Crippen molar-refractivity contribution in [2.75, 3.05) is 18.6 Å². The van der Waals surface area contributed by atoms with Gasteiger partial charge in [-0.25, -0.2) is 9.67 Å². The summed E-state index contributed by atoms with van der Waals surface area (Å²) in [5, 5.41) is 4.49. The monoisotopic (exact) mass is 407 g/mol. The van der Waals surface area contributed by atoms with Crippen molar-refractivity contribution < 1.29 is 4.74 Å². The Morgan fingerprint density at radius 1 is 1.10 bits per heavy atom. The Morgan fingerprint density at radius 2 is 1.79 bits per heavy atom. The Balaban J connectivity index is 2.00. The molecule has 8 heteroatoms. The number of nitrogens with two attached hydrogens (primary N) is 1. The number of nitrogens with zero attached hydrogens (tertiary/aromatic N) is 4. The fraction of sp³-hybridized carbons (Fsp3) is 0.190. The number of nitrogen functional groups attached to an aromatic ring is 1. The molecule has 0 atom stereocenters. The fourth-order valence-corrected chi connectivity index (χ4v) is 3.67. The second kappa shape index (κ2) is 7.63. The van der Waals surface area contributed by atoms with Crippen molar-refractivity contribution in [2.24, 2.45) is 7.05 Å². The van der Waals surface area contributed by atoms with Crippen LogP contribution in [0.3, 0.4) is 0 Å². The molecule has 0 amide bonds. The Hall–Kier alpha value is -3.26. The molecule has 0 unspecified atom stereocenters. The second-order valence-electron chi connectivity index (χ2n) is 6.44. The minimum atomic E-state index is -0.256. The lowest BCUT2D eigenvalue weighted by Gasteiger charge is -2.14. The Morgan fingerprint density at radius 3 is 2.41 bits per heavy atom. The summed E-state index contributed by atoms with van der Waals surface area (Å²) in [4.78, 5) is 19.3. The van der Waals surface area contributed by atoms with Gasteiger partial charge in [-0.15, -0.1) is 11.8 Å². The maximum Gasteiger partial charge on any atom is 0.271 e. The lowest BCUT2D eigenvalue weighted by atomic mass is 10.2. The van der Waals surface area contributed by atoms with Crippen LogP contribution >= 0.6 is 11.8 Å². The van der Waals surface area contributed by atoms with E-state index >= 15 is 0 Å². The van der Waals surface area contributed by atoms with Crippen LogP contribution in [0.1, 0.15) is 6.92 Å². The molecule has 148 valence electrons. The van der Waals surface area contributed by atoms with Crippen LogP contribution < -0.4 is 16.0 Å². The van der Waals surface area contributed by atoms with Crippen LogP contribution in [-0.2, 0) is 7.05 Å². The number of aromatic nitrogens is 4. The lowest BCUT2D eigenvalue weighted by molar-refractivity contribution is 0.340. The molecule has 2 N–H and O–H groups in total. The number of hydrogen-bond acceptors (Lipinski definition) is 6. The molecule has 0 aliphatic carbocycles. The van der Waals surface area contributed by atoms with E-state index in [2.05, 4.69) is 5.10 Å². The van der Waals surface area contributed by atoms with E-state index in [1.165, 1.54) is 4.68 Å². The maximum absolute atomic E-state index is 13.4. The van der Waals surface area contributed by atoms with Gasteiger partial charge in [-0.3, -0.25) is 9.36 Å². The van der Waals surface area contributed by atoms with Crippen molar-refractivity contribution in [1.82, 2.24) is 19.3 Å². The first-order valence-electron chi connectivity index (χ1n) is 9.16. The largest absolute Gasteiger partial charge is 0.494 e. The van der Waals surface area contributed by atoms with Gasteiger partial charge in [0.05, 0.1) is 12.3 Å². The highest BCUT2D eigenvalue weighted by atomic mass is 32.2. The third-order valence-electron chi connectivity index (χ3n) is 4.64. The quantitative estimate of drug-likeness (QED) is 0.510. The highest BCUT2D eigenvalue weighted by Crippen LogP contribution is 2.26. The molecule has 0 bridgehead atoms. The molecule has 0 spiro atoms. The molecule has 0 radical (unpaired) electrons. The molecule has 0 aliphatic rings. The summed E-state index contributed by atoms with van der Waals surface area (Å²) in [5.74, 6) is 1.44. The minimum Gasteiger partial charge on any atom is -0.494 e. The first-order valence-corrected chi connectivity index (χ1v) is 10.4. The Labute approximate surface area is 172 Å². The normalized spacial score (nSPS) is 11.1. The minimum absolute atomic E-state index is 0.170. The van der Waals surface area contributed by atoms with Crippen molar-refractivity contribution in [1.29, 1.82) is 0 Å². The average molecular weight is 407 g/mol. The van der Waals surface area contributed by atoms with Crippen molar-refractivity contribution in [2.45, 2.75) is 11.8 Å². The Kier molecular flexibility index (Phi) is 5.02. The van der Waals surface area contributed by atoms with Gasteiger partial charge in [0.2, 0.25) is 0 Å². The van der Waals surface area contributed by atoms with Gasteiger partial charge in [-0.2, -0.15) is 5.10 Å². The zero-order valence-electron chi connectivity index (χ0n) is 16.4. The molecule has 4 aromatic rings. The standard InChI is InChI=1S/C21H21N5O2S/c1-4-28-15-9-7-14(8-10-15)26-19(13-5-11-16(29-3)12-6-13)23-20-17(21(26)27)18(22)24-25(20)2/h5-12H,4H2,1-3H3,(H2,22,24). The van der Waals surface area contributed by atoms with Gasteiger partial charge in [0, 0.05) is 17.5 Å². The molecule has 0 aliphatic heterocycles. The van der Waals surface area contributed by atoms with Crippen LogP contribution in [0.4, 0.5) is 5.82 Å². The van der Waals surface area contributed by atoms with E-state index in [1.807, 2.05) is 61.7 Å². The second-order valence-corrected chi connectivity index (χ2v) is 7.32. The third-order valence-corrected chi connectivity index (χ3v) is 5.38. The van der Waals surface area contributed by atoms with E-state index in [-0.39, 0.29) is 11.4 Å². The van der Waals surface area contributed by atoms with Crippen LogP contribution in [0.2, 0.25) is 0 Å².